The van der Waals surface area contributed by atoms with E-state index in [2.05, 4.69) is 5.32 Å². The fraction of sp³-hybridized carbons (Fsp3) is 0.300. The van der Waals surface area contributed by atoms with Crippen molar-refractivity contribution in [2.24, 2.45) is 0 Å². The molecule has 0 radical (unpaired) electrons. The lowest BCUT2D eigenvalue weighted by Gasteiger charge is -2.08. The van der Waals surface area contributed by atoms with Gasteiger partial charge in [-0.2, -0.15) is 0 Å². The fourth-order valence-electron chi connectivity index (χ4n) is 1.21. The van der Waals surface area contributed by atoms with Gasteiger partial charge in [0, 0.05) is 18.3 Å². The summed E-state index contributed by atoms with van der Waals surface area (Å²) in [5.74, 6) is 0. The number of anilines is 1. The Morgan fingerprint density at radius 1 is 1.54 bits per heavy atom. The Bertz CT molecular complexity index is 297. The number of carbonyl (C=O) groups is 1. The summed E-state index contributed by atoms with van der Waals surface area (Å²) in [4.78, 5) is 10.0. The van der Waals surface area contributed by atoms with E-state index >= 15 is 0 Å². The van der Waals surface area contributed by atoms with Gasteiger partial charge in [0.25, 0.3) is 6.47 Å². The Morgan fingerprint density at radius 2 is 2.31 bits per heavy atom. The average molecular weight is 179 g/mol. The molecule has 1 aromatic rings. The van der Waals surface area contributed by atoms with Crippen molar-refractivity contribution in [1.29, 1.82) is 0 Å². The molecule has 13 heavy (non-hydrogen) atoms. The number of ether oxygens (including phenoxy) is 1. The van der Waals surface area contributed by atoms with E-state index in [1.807, 2.05) is 32.2 Å². The molecule has 0 saturated carbocycles. The van der Waals surface area contributed by atoms with Crippen molar-refractivity contribution in [3.8, 4) is 0 Å². The van der Waals surface area contributed by atoms with E-state index in [1.54, 1.807) is 0 Å². The Kier molecular flexibility index (Phi) is 3.31. The van der Waals surface area contributed by atoms with E-state index in [4.69, 9.17) is 4.74 Å². The standard InChI is InChI=1S/C10H13NO2/c1-8-3-4-10(11-2)9(5-8)6-13-7-12/h3-5,7,11H,6H2,1-2H3. The van der Waals surface area contributed by atoms with Crippen molar-refractivity contribution in [3.05, 3.63) is 29.3 Å². The molecule has 0 amide bonds. The van der Waals surface area contributed by atoms with Crippen molar-refractivity contribution >= 4 is 12.2 Å². The van der Waals surface area contributed by atoms with E-state index in [-0.39, 0.29) is 0 Å². The van der Waals surface area contributed by atoms with Crippen molar-refractivity contribution in [1.82, 2.24) is 0 Å². The molecule has 0 aliphatic rings. The van der Waals surface area contributed by atoms with Crippen LogP contribution in [0.25, 0.3) is 0 Å². The van der Waals surface area contributed by atoms with Gasteiger partial charge in [0.1, 0.15) is 6.61 Å². The van der Waals surface area contributed by atoms with Gasteiger partial charge in [0.05, 0.1) is 0 Å². The monoisotopic (exact) mass is 179 g/mol. The highest BCUT2D eigenvalue weighted by Gasteiger charge is 2.00. The highest BCUT2D eigenvalue weighted by atomic mass is 16.5. The van der Waals surface area contributed by atoms with Crippen LogP contribution in [0.3, 0.4) is 0 Å². The minimum absolute atomic E-state index is 0.321. The van der Waals surface area contributed by atoms with Gasteiger partial charge in [-0.25, -0.2) is 0 Å². The van der Waals surface area contributed by atoms with Gasteiger partial charge in [0.15, 0.2) is 0 Å². The van der Waals surface area contributed by atoms with Crippen LogP contribution in [0.2, 0.25) is 0 Å². The van der Waals surface area contributed by atoms with Crippen molar-refractivity contribution in [2.75, 3.05) is 12.4 Å². The van der Waals surface area contributed by atoms with Gasteiger partial charge >= 0.3 is 0 Å². The highest BCUT2D eigenvalue weighted by molar-refractivity contribution is 5.52. The molecule has 0 saturated heterocycles. The molecule has 70 valence electrons. The average Bonchev–Trinajstić information content (AvgIpc) is 2.15. The molecule has 3 nitrogen and oxygen atoms in total. The first-order valence-electron chi connectivity index (χ1n) is 4.10. The fourth-order valence-corrected chi connectivity index (χ4v) is 1.21. The van der Waals surface area contributed by atoms with Crippen LogP contribution < -0.4 is 5.32 Å². The normalized spacial score (nSPS) is 9.38. The van der Waals surface area contributed by atoms with Crippen LogP contribution in [-0.4, -0.2) is 13.5 Å². The largest absolute Gasteiger partial charge is 0.463 e. The van der Waals surface area contributed by atoms with Gasteiger partial charge < -0.3 is 10.1 Å². The maximum atomic E-state index is 10.0. The summed E-state index contributed by atoms with van der Waals surface area (Å²) < 4.78 is 4.70. The molecule has 0 spiro atoms. The second-order valence-corrected chi connectivity index (χ2v) is 2.82. The maximum Gasteiger partial charge on any atom is 0.293 e. The lowest BCUT2D eigenvalue weighted by Crippen LogP contribution is -1.98. The number of nitrogens with one attached hydrogen (secondary N) is 1. The van der Waals surface area contributed by atoms with Gasteiger partial charge in [-0.15, -0.1) is 0 Å². The minimum Gasteiger partial charge on any atom is -0.463 e. The van der Waals surface area contributed by atoms with Crippen molar-refractivity contribution < 1.29 is 9.53 Å². The zero-order valence-electron chi connectivity index (χ0n) is 7.83. The molecule has 1 rings (SSSR count). The van der Waals surface area contributed by atoms with Crippen molar-refractivity contribution in [3.63, 3.8) is 0 Å². The smallest absolute Gasteiger partial charge is 0.293 e. The predicted octanol–water partition coefficient (Wildman–Crippen LogP) is 1.71. The summed E-state index contributed by atoms with van der Waals surface area (Å²) >= 11 is 0. The molecule has 0 heterocycles. The maximum absolute atomic E-state index is 10.0. The van der Waals surface area contributed by atoms with E-state index in [9.17, 15) is 4.79 Å². The molecule has 0 aliphatic carbocycles. The van der Waals surface area contributed by atoms with Crippen LogP contribution in [0.4, 0.5) is 5.69 Å². The van der Waals surface area contributed by atoms with Gasteiger partial charge in [0.2, 0.25) is 0 Å². The Labute approximate surface area is 77.7 Å². The third kappa shape index (κ3) is 2.47. The molecule has 0 aliphatic heterocycles. The third-order valence-electron chi connectivity index (χ3n) is 1.84. The number of aryl methyl sites for hydroxylation is 1. The first kappa shape index (κ1) is 9.58. The second kappa shape index (κ2) is 4.50. The molecule has 0 fully saturated rings. The lowest BCUT2D eigenvalue weighted by atomic mass is 10.1. The first-order valence-corrected chi connectivity index (χ1v) is 4.10. The highest BCUT2D eigenvalue weighted by Crippen LogP contribution is 2.17. The number of hydrogen-bond donors (Lipinski definition) is 1. The van der Waals surface area contributed by atoms with E-state index in [0.29, 0.717) is 13.1 Å². The van der Waals surface area contributed by atoms with Gasteiger partial charge in [-0.1, -0.05) is 17.7 Å². The van der Waals surface area contributed by atoms with Crippen LogP contribution in [0.1, 0.15) is 11.1 Å². The van der Waals surface area contributed by atoms with Gasteiger partial charge in [-0.05, 0) is 13.0 Å². The first-order chi connectivity index (χ1) is 6.27. The SMILES string of the molecule is CNc1ccc(C)cc1COC=O. The molecular weight excluding hydrogens is 166 g/mol. The van der Waals surface area contributed by atoms with Crippen LogP contribution >= 0.6 is 0 Å². The van der Waals surface area contributed by atoms with Crippen LogP contribution in [0.15, 0.2) is 18.2 Å². The Hall–Kier alpha value is -1.51. The molecule has 0 atom stereocenters. The van der Waals surface area contributed by atoms with Crippen LogP contribution in [0.5, 0.6) is 0 Å². The third-order valence-corrected chi connectivity index (χ3v) is 1.84. The summed E-state index contributed by atoms with van der Waals surface area (Å²) in [5, 5.41) is 3.04. The molecule has 3 heteroatoms. The molecular formula is C10H13NO2. The zero-order valence-corrected chi connectivity index (χ0v) is 7.83. The summed E-state index contributed by atoms with van der Waals surface area (Å²) in [5.41, 5.74) is 3.14. The van der Waals surface area contributed by atoms with Crippen molar-refractivity contribution in [2.45, 2.75) is 13.5 Å². The predicted molar refractivity (Wildman–Crippen MR) is 51.6 cm³/mol. The van der Waals surface area contributed by atoms with E-state index in [1.165, 1.54) is 0 Å². The lowest BCUT2D eigenvalue weighted by molar-refractivity contribution is -0.129. The zero-order chi connectivity index (χ0) is 9.68. The van der Waals surface area contributed by atoms with E-state index in [0.717, 1.165) is 16.8 Å². The molecule has 1 N–H and O–H groups in total. The van der Waals surface area contributed by atoms with Gasteiger partial charge in [-0.3, -0.25) is 4.79 Å². The number of benzene rings is 1. The number of hydrogen-bond acceptors (Lipinski definition) is 3. The summed E-state index contributed by atoms with van der Waals surface area (Å²) in [6.45, 7) is 2.78. The second-order valence-electron chi connectivity index (χ2n) is 2.82. The van der Waals surface area contributed by atoms with Crippen LogP contribution in [0, 0.1) is 6.92 Å². The number of carbonyl (C=O) groups excluding carboxylic acids is 1. The van der Waals surface area contributed by atoms with Crippen LogP contribution in [-0.2, 0) is 16.1 Å². The van der Waals surface area contributed by atoms with E-state index < -0.39 is 0 Å². The number of rotatable bonds is 4. The minimum atomic E-state index is 0.321. The Balaban J connectivity index is 2.87. The molecule has 1 aromatic carbocycles. The summed E-state index contributed by atoms with van der Waals surface area (Å²) in [6.07, 6.45) is 0. The topological polar surface area (TPSA) is 38.3 Å². The Morgan fingerprint density at radius 3 is 2.92 bits per heavy atom. The molecule has 0 unspecified atom stereocenters. The molecule has 0 bridgehead atoms. The summed E-state index contributed by atoms with van der Waals surface area (Å²) in [7, 11) is 1.84. The molecule has 0 aromatic heterocycles. The summed E-state index contributed by atoms with van der Waals surface area (Å²) in [6, 6.07) is 5.98. The quantitative estimate of drug-likeness (QED) is 0.715.